The maximum atomic E-state index is 13.0. The minimum atomic E-state index is -0.971. The maximum absolute atomic E-state index is 13.0. The van der Waals surface area contributed by atoms with E-state index in [9.17, 15) is 9.59 Å². The van der Waals surface area contributed by atoms with E-state index in [-0.39, 0.29) is 17.9 Å². The molecular formula is C15H27N3O3. The lowest BCUT2D eigenvalue weighted by Gasteiger charge is -2.60. The Morgan fingerprint density at radius 1 is 1.43 bits per heavy atom. The zero-order chi connectivity index (χ0) is 16.1. The molecular weight excluding hydrogens is 270 g/mol. The highest BCUT2D eigenvalue weighted by Gasteiger charge is 2.65. The van der Waals surface area contributed by atoms with E-state index in [1.165, 1.54) is 0 Å². The van der Waals surface area contributed by atoms with Crippen LogP contribution in [0.1, 0.15) is 41.0 Å². The first-order chi connectivity index (χ1) is 9.59. The number of nitrogens with two attached hydrogens (primary N) is 1. The second kappa shape index (κ2) is 4.95. The van der Waals surface area contributed by atoms with Gasteiger partial charge in [-0.3, -0.25) is 9.59 Å². The fourth-order valence-corrected chi connectivity index (χ4v) is 3.29. The summed E-state index contributed by atoms with van der Waals surface area (Å²) in [5.74, 6) is -0.285. The van der Waals surface area contributed by atoms with E-state index in [1.807, 2.05) is 20.8 Å². The first-order valence-corrected chi connectivity index (χ1v) is 7.60. The molecule has 0 aromatic rings. The largest absolute Gasteiger partial charge is 0.378 e. The van der Waals surface area contributed by atoms with Crippen molar-refractivity contribution in [3.63, 3.8) is 0 Å². The molecule has 1 aliphatic carbocycles. The van der Waals surface area contributed by atoms with Gasteiger partial charge in [0.15, 0.2) is 0 Å². The van der Waals surface area contributed by atoms with E-state index in [2.05, 4.69) is 5.32 Å². The SMILES string of the molecule is CCOC1CC(N)(C(=O)N2CCNC(=O)C2(C)C)C1(C)C. The highest BCUT2D eigenvalue weighted by molar-refractivity contribution is 5.96. The molecule has 2 atom stereocenters. The van der Waals surface area contributed by atoms with E-state index < -0.39 is 16.5 Å². The van der Waals surface area contributed by atoms with Crippen LogP contribution in [0.3, 0.4) is 0 Å². The van der Waals surface area contributed by atoms with Crippen LogP contribution in [0.25, 0.3) is 0 Å². The number of carbonyl (C=O) groups is 2. The fraction of sp³-hybridized carbons (Fsp3) is 0.867. The van der Waals surface area contributed by atoms with Gasteiger partial charge >= 0.3 is 0 Å². The van der Waals surface area contributed by atoms with Crippen molar-refractivity contribution in [2.75, 3.05) is 19.7 Å². The topological polar surface area (TPSA) is 84.7 Å². The number of amides is 2. The zero-order valence-electron chi connectivity index (χ0n) is 13.7. The smallest absolute Gasteiger partial charge is 0.245 e. The molecule has 0 radical (unpaired) electrons. The highest BCUT2D eigenvalue weighted by Crippen LogP contribution is 2.51. The number of ether oxygens (including phenoxy) is 1. The summed E-state index contributed by atoms with van der Waals surface area (Å²) < 4.78 is 5.67. The van der Waals surface area contributed by atoms with Gasteiger partial charge in [-0.25, -0.2) is 0 Å². The summed E-state index contributed by atoms with van der Waals surface area (Å²) in [5, 5.41) is 2.80. The Hall–Kier alpha value is -1.14. The minimum Gasteiger partial charge on any atom is -0.378 e. The molecule has 1 saturated heterocycles. The van der Waals surface area contributed by atoms with E-state index in [0.717, 1.165) is 0 Å². The van der Waals surface area contributed by atoms with Gasteiger partial charge in [0.05, 0.1) is 6.10 Å². The van der Waals surface area contributed by atoms with Crippen LogP contribution in [-0.4, -0.2) is 53.6 Å². The van der Waals surface area contributed by atoms with E-state index in [0.29, 0.717) is 26.1 Å². The first kappa shape index (κ1) is 16.2. The van der Waals surface area contributed by atoms with Crippen molar-refractivity contribution in [2.45, 2.75) is 58.2 Å². The summed E-state index contributed by atoms with van der Waals surface area (Å²) in [5.41, 5.74) is 4.16. The van der Waals surface area contributed by atoms with Crippen molar-refractivity contribution in [3.05, 3.63) is 0 Å². The summed E-state index contributed by atoms with van der Waals surface area (Å²) in [6, 6.07) is 0. The molecule has 1 saturated carbocycles. The zero-order valence-corrected chi connectivity index (χ0v) is 13.7. The second-order valence-corrected chi connectivity index (χ2v) is 7.11. The average Bonchev–Trinajstić information content (AvgIpc) is 2.40. The molecule has 21 heavy (non-hydrogen) atoms. The van der Waals surface area contributed by atoms with Gasteiger partial charge in [-0.1, -0.05) is 13.8 Å². The Morgan fingerprint density at radius 2 is 2.05 bits per heavy atom. The third-order valence-corrected chi connectivity index (χ3v) is 5.31. The fourth-order valence-electron chi connectivity index (χ4n) is 3.29. The highest BCUT2D eigenvalue weighted by atomic mass is 16.5. The standard InChI is InChI=1S/C15H27N3O3/c1-6-21-10-9-15(16,13(10,2)3)12(20)18-8-7-17-11(19)14(18,4)5/h10H,6-9,16H2,1-5H3,(H,17,19). The molecule has 120 valence electrons. The van der Waals surface area contributed by atoms with Crippen molar-refractivity contribution < 1.29 is 14.3 Å². The van der Waals surface area contributed by atoms with Crippen LogP contribution in [0.4, 0.5) is 0 Å². The number of nitrogens with zero attached hydrogens (tertiary/aromatic N) is 1. The van der Waals surface area contributed by atoms with Crippen molar-refractivity contribution in [1.29, 1.82) is 0 Å². The van der Waals surface area contributed by atoms with Crippen LogP contribution in [0.15, 0.2) is 0 Å². The van der Waals surface area contributed by atoms with Gasteiger partial charge in [0.25, 0.3) is 0 Å². The molecule has 2 fully saturated rings. The molecule has 1 aliphatic heterocycles. The molecule has 0 bridgehead atoms. The Morgan fingerprint density at radius 3 is 2.57 bits per heavy atom. The summed E-state index contributed by atoms with van der Waals surface area (Å²) in [6.45, 7) is 11.0. The number of hydrogen-bond acceptors (Lipinski definition) is 4. The molecule has 2 amide bonds. The summed E-state index contributed by atoms with van der Waals surface area (Å²) in [6.07, 6.45) is 0.485. The molecule has 2 unspecified atom stereocenters. The average molecular weight is 297 g/mol. The number of piperazine rings is 1. The molecule has 6 nitrogen and oxygen atoms in total. The third-order valence-electron chi connectivity index (χ3n) is 5.31. The van der Waals surface area contributed by atoms with Gasteiger partial charge in [0.1, 0.15) is 11.1 Å². The van der Waals surface area contributed by atoms with Crippen molar-refractivity contribution >= 4 is 11.8 Å². The summed E-state index contributed by atoms with van der Waals surface area (Å²) in [7, 11) is 0. The predicted molar refractivity (Wildman–Crippen MR) is 79.5 cm³/mol. The number of nitrogens with one attached hydrogen (secondary N) is 1. The van der Waals surface area contributed by atoms with Gasteiger partial charge < -0.3 is 20.7 Å². The lowest BCUT2D eigenvalue weighted by atomic mass is 9.54. The van der Waals surface area contributed by atoms with Gasteiger partial charge in [0.2, 0.25) is 11.8 Å². The van der Waals surface area contributed by atoms with Crippen LogP contribution in [0.2, 0.25) is 0 Å². The maximum Gasteiger partial charge on any atom is 0.245 e. The molecule has 1 heterocycles. The number of carbonyl (C=O) groups excluding carboxylic acids is 2. The Balaban J connectivity index is 2.22. The summed E-state index contributed by atoms with van der Waals surface area (Å²) in [4.78, 5) is 26.6. The number of rotatable bonds is 3. The normalized spacial score (nSPS) is 34.1. The monoisotopic (exact) mass is 297 g/mol. The van der Waals surface area contributed by atoms with Crippen LogP contribution in [-0.2, 0) is 14.3 Å². The van der Waals surface area contributed by atoms with Gasteiger partial charge in [-0.05, 0) is 20.8 Å². The lowest BCUT2D eigenvalue weighted by Crippen LogP contribution is -2.79. The lowest BCUT2D eigenvalue weighted by molar-refractivity contribution is -0.185. The van der Waals surface area contributed by atoms with Crippen LogP contribution >= 0.6 is 0 Å². The van der Waals surface area contributed by atoms with Crippen LogP contribution in [0, 0.1) is 5.41 Å². The molecule has 2 aliphatic rings. The molecule has 0 spiro atoms. The Labute approximate surface area is 126 Å². The predicted octanol–water partition coefficient (Wildman–Crippen LogP) is 0.256. The van der Waals surface area contributed by atoms with Gasteiger partial charge in [-0.2, -0.15) is 0 Å². The number of hydrogen-bond donors (Lipinski definition) is 2. The van der Waals surface area contributed by atoms with Crippen molar-refractivity contribution in [1.82, 2.24) is 10.2 Å². The molecule has 0 aromatic carbocycles. The van der Waals surface area contributed by atoms with Crippen molar-refractivity contribution in [2.24, 2.45) is 11.1 Å². The Kier molecular flexibility index (Phi) is 3.83. The quantitative estimate of drug-likeness (QED) is 0.782. The minimum absolute atomic E-state index is 0.0156. The van der Waals surface area contributed by atoms with E-state index in [4.69, 9.17) is 10.5 Å². The first-order valence-electron chi connectivity index (χ1n) is 7.60. The third kappa shape index (κ3) is 2.16. The van der Waals surface area contributed by atoms with Gasteiger partial charge in [0, 0.05) is 31.5 Å². The molecule has 2 rings (SSSR count). The van der Waals surface area contributed by atoms with Crippen LogP contribution < -0.4 is 11.1 Å². The molecule has 6 heteroatoms. The van der Waals surface area contributed by atoms with Crippen molar-refractivity contribution in [3.8, 4) is 0 Å². The molecule has 3 N–H and O–H groups in total. The molecule has 0 aromatic heterocycles. The summed E-state index contributed by atoms with van der Waals surface area (Å²) >= 11 is 0. The van der Waals surface area contributed by atoms with E-state index in [1.54, 1.807) is 18.7 Å². The second-order valence-electron chi connectivity index (χ2n) is 7.11. The Bertz CT molecular complexity index is 461. The van der Waals surface area contributed by atoms with Gasteiger partial charge in [-0.15, -0.1) is 0 Å². The van der Waals surface area contributed by atoms with Crippen LogP contribution in [0.5, 0.6) is 0 Å². The van der Waals surface area contributed by atoms with E-state index >= 15 is 0 Å².